The van der Waals surface area contributed by atoms with Gasteiger partial charge in [-0.15, -0.1) is 0 Å². The van der Waals surface area contributed by atoms with E-state index >= 15 is 0 Å². The predicted octanol–water partition coefficient (Wildman–Crippen LogP) is 5.83. The van der Waals surface area contributed by atoms with E-state index in [4.69, 9.17) is 9.83 Å². The highest BCUT2D eigenvalue weighted by molar-refractivity contribution is 8.26. The largest absolute Gasteiger partial charge is 0.456 e. The summed E-state index contributed by atoms with van der Waals surface area (Å²) in [7, 11) is 0. The fourth-order valence-electron chi connectivity index (χ4n) is 3.57. The molecule has 0 saturated carbocycles. The summed E-state index contributed by atoms with van der Waals surface area (Å²) < 4.78 is 5.74. The van der Waals surface area contributed by atoms with Crippen molar-refractivity contribution < 1.29 is 14.1 Å². The zero-order chi connectivity index (χ0) is 23.4. The van der Waals surface area contributed by atoms with Gasteiger partial charge in [-0.05, 0) is 48.9 Å². The number of amides is 1. The number of unbranched alkanes of at least 4 members (excludes halogenated alkanes) is 4. The van der Waals surface area contributed by atoms with Crippen LogP contribution in [0, 0.1) is 15.5 Å². The third kappa shape index (κ3) is 4.95. The first-order valence-corrected chi connectivity index (χ1v) is 11.6. The Kier molecular flexibility index (Phi) is 6.83. The number of benzene rings is 1. The van der Waals surface area contributed by atoms with Crippen molar-refractivity contribution in [1.82, 2.24) is 5.01 Å². The van der Waals surface area contributed by atoms with Crippen LogP contribution in [0.3, 0.4) is 0 Å². The van der Waals surface area contributed by atoms with Crippen LogP contribution in [0.2, 0.25) is 0 Å². The van der Waals surface area contributed by atoms with Gasteiger partial charge in [0.25, 0.3) is 11.6 Å². The number of para-hydroxylation sites is 1. The third-order valence-electron chi connectivity index (χ3n) is 5.27. The SMILES string of the molecule is CCCCCCCC1=NN2C(=N)/C(=C/c3ccc(-c4ccccc4[N+](=O)[O-])o3)C(=O)N=C2S1. The van der Waals surface area contributed by atoms with E-state index in [1.54, 1.807) is 30.3 Å². The zero-order valence-electron chi connectivity index (χ0n) is 18.1. The molecular weight excluding hydrogens is 442 g/mol. The van der Waals surface area contributed by atoms with Gasteiger partial charge in [0.05, 0.1) is 16.1 Å². The summed E-state index contributed by atoms with van der Waals surface area (Å²) >= 11 is 1.33. The van der Waals surface area contributed by atoms with E-state index in [1.807, 2.05) is 0 Å². The van der Waals surface area contributed by atoms with Gasteiger partial charge in [0.15, 0.2) is 5.84 Å². The van der Waals surface area contributed by atoms with Gasteiger partial charge in [0.2, 0.25) is 5.17 Å². The number of nitrogens with zero attached hydrogens (tertiary/aromatic N) is 4. The molecule has 0 atom stereocenters. The molecule has 0 aliphatic carbocycles. The molecule has 0 fully saturated rings. The number of hydrazone groups is 1. The minimum atomic E-state index is -0.540. The maximum atomic E-state index is 12.6. The lowest BCUT2D eigenvalue weighted by Crippen LogP contribution is -2.35. The number of amidine groups is 2. The van der Waals surface area contributed by atoms with Gasteiger partial charge in [-0.1, -0.05) is 44.7 Å². The van der Waals surface area contributed by atoms with Crippen LogP contribution in [0.25, 0.3) is 17.4 Å². The summed E-state index contributed by atoms with van der Waals surface area (Å²) in [6.07, 6.45) is 7.96. The molecule has 1 aromatic carbocycles. The average molecular weight is 466 g/mol. The van der Waals surface area contributed by atoms with Crippen LogP contribution in [0.5, 0.6) is 0 Å². The van der Waals surface area contributed by atoms with E-state index < -0.39 is 10.8 Å². The molecule has 2 aromatic rings. The van der Waals surface area contributed by atoms with Gasteiger partial charge in [0, 0.05) is 6.07 Å². The van der Waals surface area contributed by atoms with Gasteiger partial charge in [-0.25, -0.2) is 0 Å². The summed E-state index contributed by atoms with van der Waals surface area (Å²) in [4.78, 5) is 27.5. The Balaban J connectivity index is 1.51. The first-order valence-electron chi connectivity index (χ1n) is 10.8. The predicted molar refractivity (Wildman–Crippen MR) is 129 cm³/mol. The molecule has 2 aliphatic rings. The fourth-order valence-corrected chi connectivity index (χ4v) is 4.50. The lowest BCUT2D eigenvalue weighted by molar-refractivity contribution is -0.384. The second kappa shape index (κ2) is 9.95. The lowest BCUT2D eigenvalue weighted by atomic mass is 10.1. The molecule has 0 saturated heterocycles. The van der Waals surface area contributed by atoms with Crippen LogP contribution in [-0.4, -0.2) is 31.9 Å². The summed E-state index contributed by atoms with van der Waals surface area (Å²) in [5.74, 6) is -0.0148. The van der Waals surface area contributed by atoms with Crippen molar-refractivity contribution in [3.63, 3.8) is 0 Å². The third-order valence-corrected chi connectivity index (χ3v) is 6.24. The number of nitro benzene ring substituents is 1. The molecular formula is C23H23N5O4S. The maximum absolute atomic E-state index is 12.6. The molecule has 4 rings (SSSR count). The molecule has 0 unspecified atom stereocenters. The minimum absolute atomic E-state index is 0.0516. The van der Waals surface area contributed by atoms with E-state index in [2.05, 4.69) is 17.0 Å². The Hall–Kier alpha value is -3.53. The number of hydrogen-bond acceptors (Lipinski definition) is 7. The van der Waals surface area contributed by atoms with Crippen molar-refractivity contribution in [3.8, 4) is 11.3 Å². The highest BCUT2D eigenvalue weighted by Gasteiger charge is 2.35. The number of nitro groups is 1. The molecule has 1 N–H and O–H groups in total. The maximum Gasteiger partial charge on any atom is 0.283 e. The highest BCUT2D eigenvalue weighted by atomic mass is 32.2. The van der Waals surface area contributed by atoms with Crippen molar-refractivity contribution in [1.29, 1.82) is 5.41 Å². The first-order chi connectivity index (χ1) is 16.0. The van der Waals surface area contributed by atoms with Gasteiger partial charge in [-0.3, -0.25) is 20.3 Å². The van der Waals surface area contributed by atoms with Crippen LogP contribution >= 0.6 is 11.8 Å². The number of nitrogens with one attached hydrogen (secondary N) is 1. The first kappa shape index (κ1) is 22.7. The monoisotopic (exact) mass is 465 g/mol. The Labute approximate surface area is 194 Å². The van der Waals surface area contributed by atoms with Gasteiger partial charge >= 0.3 is 0 Å². The van der Waals surface area contributed by atoms with Crippen LogP contribution in [-0.2, 0) is 4.79 Å². The number of hydrogen-bond donors (Lipinski definition) is 1. The molecule has 0 radical (unpaired) electrons. The van der Waals surface area contributed by atoms with Crippen LogP contribution in [0.15, 0.2) is 56.5 Å². The van der Waals surface area contributed by atoms with Crippen molar-refractivity contribution in [2.45, 2.75) is 45.4 Å². The Morgan fingerprint density at radius 1 is 1.18 bits per heavy atom. The normalized spacial score (nSPS) is 16.8. The van der Waals surface area contributed by atoms with Crippen LogP contribution in [0.1, 0.15) is 51.2 Å². The quantitative estimate of drug-likeness (QED) is 0.215. The number of furan rings is 1. The Morgan fingerprint density at radius 3 is 2.76 bits per heavy atom. The number of aliphatic imine (C=N–C) groups is 1. The summed E-state index contributed by atoms with van der Waals surface area (Å²) in [5.41, 5.74) is 0.310. The highest BCUT2D eigenvalue weighted by Crippen LogP contribution is 2.33. The zero-order valence-corrected chi connectivity index (χ0v) is 18.9. The standard InChI is InChI=1S/C23H23N5O4S/c1-2-3-4-5-6-11-20-26-27-21(24)17(22(29)25-23(27)33-20)14-15-12-13-19(32-15)16-9-7-8-10-18(16)28(30)31/h7-10,12-14,24H,2-6,11H2,1H3/b17-14-,24-21?. The number of carbonyl (C=O) groups is 1. The number of rotatable bonds is 9. The van der Waals surface area contributed by atoms with E-state index in [-0.39, 0.29) is 17.1 Å². The van der Waals surface area contributed by atoms with Crippen LogP contribution in [0.4, 0.5) is 5.69 Å². The Bertz CT molecular complexity index is 1200. The number of carbonyl (C=O) groups excluding carboxylic acids is 1. The second-order valence-corrected chi connectivity index (χ2v) is 8.69. The molecule has 3 heterocycles. The lowest BCUT2D eigenvalue weighted by Gasteiger charge is -2.19. The summed E-state index contributed by atoms with van der Waals surface area (Å²) in [6, 6.07) is 9.46. The number of thioether (sulfide) groups is 1. The Morgan fingerprint density at radius 2 is 1.97 bits per heavy atom. The molecule has 2 aliphatic heterocycles. The molecule has 33 heavy (non-hydrogen) atoms. The topological polar surface area (TPSA) is 125 Å². The smallest absolute Gasteiger partial charge is 0.283 e. The second-order valence-electron chi connectivity index (χ2n) is 7.65. The van der Waals surface area contributed by atoms with E-state index in [0.29, 0.717) is 22.3 Å². The van der Waals surface area contributed by atoms with Crippen molar-refractivity contribution in [3.05, 3.63) is 57.8 Å². The van der Waals surface area contributed by atoms with Gasteiger partial charge < -0.3 is 4.42 Å². The fraction of sp³-hybridized carbons (Fsp3) is 0.304. The molecule has 170 valence electrons. The molecule has 1 aromatic heterocycles. The van der Waals surface area contributed by atoms with Gasteiger partial charge in [0.1, 0.15) is 16.6 Å². The summed E-state index contributed by atoms with van der Waals surface area (Å²) in [6.45, 7) is 2.18. The van der Waals surface area contributed by atoms with Crippen LogP contribution < -0.4 is 0 Å². The average Bonchev–Trinajstić information content (AvgIpc) is 3.43. The van der Waals surface area contributed by atoms with Crippen molar-refractivity contribution in [2.24, 2.45) is 10.1 Å². The number of fused-ring (bicyclic) bond motifs is 1. The van der Waals surface area contributed by atoms with E-state index in [0.717, 1.165) is 24.3 Å². The summed E-state index contributed by atoms with van der Waals surface area (Å²) in [5, 5.41) is 26.9. The van der Waals surface area contributed by atoms with E-state index in [9.17, 15) is 14.9 Å². The van der Waals surface area contributed by atoms with Gasteiger partial charge in [-0.2, -0.15) is 15.1 Å². The van der Waals surface area contributed by atoms with E-state index in [1.165, 1.54) is 48.2 Å². The minimum Gasteiger partial charge on any atom is -0.456 e. The molecule has 1 amide bonds. The molecule has 0 spiro atoms. The van der Waals surface area contributed by atoms with Crippen molar-refractivity contribution in [2.75, 3.05) is 0 Å². The molecule has 10 heteroatoms. The molecule has 9 nitrogen and oxygen atoms in total. The molecule has 0 bridgehead atoms. The van der Waals surface area contributed by atoms with Crippen molar-refractivity contribution >= 4 is 45.5 Å².